The van der Waals surface area contributed by atoms with Crippen LogP contribution >= 0.6 is 11.6 Å². The van der Waals surface area contributed by atoms with Crippen molar-refractivity contribution in [1.29, 1.82) is 0 Å². The van der Waals surface area contributed by atoms with E-state index in [9.17, 15) is 22.3 Å². The number of benzene rings is 3. The highest BCUT2D eigenvalue weighted by atomic mass is 35.5. The number of ether oxygens (including phenoxy) is 1. The van der Waals surface area contributed by atoms with E-state index in [2.05, 4.69) is 0 Å². The third-order valence-corrected chi connectivity index (χ3v) is 6.26. The van der Waals surface area contributed by atoms with Crippen molar-refractivity contribution in [1.82, 2.24) is 0 Å². The van der Waals surface area contributed by atoms with Crippen molar-refractivity contribution in [2.24, 2.45) is 0 Å². The van der Waals surface area contributed by atoms with Crippen LogP contribution in [0.25, 0.3) is 11.1 Å². The van der Waals surface area contributed by atoms with Crippen LogP contribution in [0.3, 0.4) is 0 Å². The highest BCUT2D eigenvalue weighted by molar-refractivity contribution is 7.90. The van der Waals surface area contributed by atoms with Crippen LogP contribution in [0.1, 0.15) is 11.1 Å². The molecule has 0 atom stereocenters. The highest BCUT2D eigenvalue weighted by Crippen LogP contribution is 2.35. The van der Waals surface area contributed by atoms with E-state index in [1.807, 2.05) is 0 Å². The Balaban J connectivity index is 2.06. The molecular weight excluding hydrogens is 422 g/mol. The molecular formula is C21H17ClF2O4S. The van der Waals surface area contributed by atoms with Crippen LogP contribution in [0.4, 0.5) is 8.78 Å². The van der Waals surface area contributed by atoms with E-state index in [4.69, 9.17) is 16.3 Å². The van der Waals surface area contributed by atoms with Crippen molar-refractivity contribution in [3.63, 3.8) is 0 Å². The van der Waals surface area contributed by atoms with Gasteiger partial charge in [-0.1, -0.05) is 41.9 Å². The molecule has 0 aliphatic rings. The summed E-state index contributed by atoms with van der Waals surface area (Å²) in [6, 6.07) is 12.8. The average molecular weight is 439 g/mol. The smallest absolute Gasteiger partial charge is 0.186 e. The first-order valence-electron chi connectivity index (χ1n) is 8.49. The van der Waals surface area contributed by atoms with Gasteiger partial charge >= 0.3 is 0 Å². The molecule has 0 spiro atoms. The summed E-state index contributed by atoms with van der Waals surface area (Å²) in [7, 11) is -2.77. The lowest BCUT2D eigenvalue weighted by Gasteiger charge is -2.12. The number of halogens is 3. The molecule has 29 heavy (non-hydrogen) atoms. The topological polar surface area (TPSA) is 63.6 Å². The van der Waals surface area contributed by atoms with Gasteiger partial charge in [0, 0.05) is 24.3 Å². The van der Waals surface area contributed by atoms with Crippen LogP contribution in [0, 0.1) is 11.6 Å². The van der Waals surface area contributed by atoms with E-state index >= 15 is 0 Å². The summed E-state index contributed by atoms with van der Waals surface area (Å²) < 4.78 is 59.4. The lowest BCUT2D eigenvalue weighted by Crippen LogP contribution is -2.09. The fraction of sp³-hybridized carbons (Fsp3) is 0.143. The minimum atomic E-state index is -4.19. The predicted molar refractivity (Wildman–Crippen MR) is 107 cm³/mol. The van der Waals surface area contributed by atoms with E-state index in [1.54, 1.807) is 30.3 Å². The molecule has 4 nitrogen and oxygen atoms in total. The summed E-state index contributed by atoms with van der Waals surface area (Å²) >= 11 is 5.93. The molecule has 0 radical (unpaired) electrons. The zero-order valence-corrected chi connectivity index (χ0v) is 16.9. The largest absolute Gasteiger partial charge is 0.505 e. The molecule has 0 amide bonds. The van der Waals surface area contributed by atoms with Crippen LogP contribution in [-0.2, 0) is 26.9 Å². The van der Waals surface area contributed by atoms with Gasteiger partial charge in [0.2, 0.25) is 0 Å². The SMILES string of the molecule is COCc1cc(Cl)c(O)c(S(=O)(=O)Cc2cc(-c3ccccc3)c(F)cc2F)c1. The number of hydrogen-bond acceptors (Lipinski definition) is 4. The molecule has 0 fully saturated rings. The zero-order chi connectivity index (χ0) is 21.2. The first kappa shape index (κ1) is 21.2. The molecule has 3 aromatic carbocycles. The third-order valence-electron chi connectivity index (χ3n) is 4.30. The van der Waals surface area contributed by atoms with Gasteiger partial charge in [0.1, 0.15) is 16.5 Å². The second-order valence-corrected chi connectivity index (χ2v) is 8.77. The maximum absolute atomic E-state index is 14.4. The van der Waals surface area contributed by atoms with E-state index in [-0.39, 0.29) is 22.8 Å². The van der Waals surface area contributed by atoms with Crippen molar-refractivity contribution in [2.75, 3.05) is 7.11 Å². The summed E-state index contributed by atoms with van der Waals surface area (Å²) in [5.74, 6) is -3.20. The molecule has 8 heteroatoms. The Morgan fingerprint density at radius 3 is 2.38 bits per heavy atom. The standard InChI is InChI=1S/C21H17ClF2O4S/c1-28-11-13-7-17(22)21(25)20(8-13)29(26,27)12-15-9-16(19(24)10-18(15)23)14-5-3-2-4-6-14/h2-10,25H,11-12H2,1H3. The first-order valence-corrected chi connectivity index (χ1v) is 10.5. The molecule has 0 saturated carbocycles. The number of sulfone groups is 1. The van der Waals surface area contributed by atoms with Crippen LogP contribution in [0.5, 0.6) is 5.75 Å². The number of aromatic hydroxyl groups is 1. The summed E-state index contributed by atoms with van der Waals surface area (Å²) in [5.41, 5.74) is 0.764. The summed E-state index contributed by atoms with van der Waals surface area (Å²) in [5, 5.41) is 9.98. The van der Waals surface area contributed by atoms with E-state index < -0.39 is 37.9 Å². The third kappa shape index (κ3) is 4.58. The molecule has 0 aliphatic heterocycles. The van der Waals surface area contributed by atoms with Gasteiger partial charge < -0.3 is 9.84 Å². The van der Waals surface area contributed by atoms with Gasteiger partial charge in [-0.15, -0.1) is 0 Å². The number of methoxy groups -OCH3 is 1. The molecule has 0 heterocycles. The van der Waals surface area contributed by atoms with E-state index in [1.165, 1.54) is 19.2 Å². The maximum Gasteiger partial charge on any atom is 0.186 e. The van der Waals surface area contributed by atoms with Crippen molar-refractivity contribution in [3.05, 3.63) is 82.4 Å². The summed E-state index contributed by atoms with van der Waals surface area (Å²) in [6.45, 7) is 0.0750. The van der Waals surface area contributed by atoms with Gasteiger partial charge in [0.15, 0.2) is 15.6 Å². The number of phenols is 1. The lowest BCUT2D eigenvalue weighted by atomic mass is 10.0. The quantitative estimate of drug-likeness (QED) is 0.580. The fourth-order valence-electron chi connectivity index (χ4n) is 2.94. The first-order chi connectivity index (χ1) is 13.7. The van der Waals surface area contributed by atoms with Gasteiger partial charge in [-0.25, -0.2) is 17.2 Å². The second-order valence-electron chi connectivity index (χ2n) is 6.41. The predicted octanol–water partition coefficient (Wildman–Crippen LogP) is 5.11. The second kappa shape index (κ2) is 8.49. The summed E-state index contributed by atoms with van der Waals surface area (Å²) in [6.07, 6.45) is 0. The number of hydrogen-bond donors (Lipinski definition) is 1. The van der Waals surface area contributed by atoms with Gasteiger partial charge in [0.05, 0.1) is 17.4 Å². The van der Waals surface area contributed by atoms with Gasteiger partial charge in [-0.05, 0) is 29.3 Å². The molecule has 3 aromatic rings. The molecule has 0 saturated heterocycles. The zero-order valence-electron chi connectivity index (χ0n) is 15.3. The van der Waals surface area contributed by atoms with Crippen LogP contribution in [-0.4, -0.2) is 20.6 Å². The monoisotopic (exact) mass is 438 g/mol. The molecule has 0 unspecified atom stereocenters. The molecule has 0 aliphatic carbocycles. The minimum Gasteiger partial charge on any atom is -0.505 e. The molecule has 3 rings (SSSR count). The van der Waals surface area contributed by atoms with Gasteiger partial charge in [-0.2, -0.15) is 0 Å². The fourth-order valence-corrected chi connectivity index (χ4v) is 4.76. The maximum atomic E-state index is 14.4. The van der Waals surface area contributed by atoms with Crippen molar-refractivity contribution < 1.29 is 27.0 Å². The average Bonchev–Trinajstić information content (AvgIpc) is 2.67. The van der Waals surface area contributed by atoms with Crippen molar-refractivity contribution in [3.8, 4) is 16.9 Å². The number of phenolic OH excluding ortho intramolecular Hbond substituents is 1. The van der Waals surface area contributed by atoms with E-state index in [0.29, 0.717) is 17.2 Å². The van der Waals surface area contributed by atoms with Crippen LogP contribution in [0.2, 0.25) is 5.02 Å². The number of rotatable bonds is 6. The Kier molecular flexibility index (Phi) is 6.21. The highest BCUT2D eigenvalue weighted by Gasteiger charge is 2.25. The minimum absolute atomic E-state index is 0.0750. The lowest BCUT2D eigenvalue weighted by molar-refractivity contribution is 0.184. The molecule has 0 bridgehead atoms. The summed E-state index contributed by atoms with van der Waals surface area (Å²) in [4.78, 5) is -0.443. The van der Waals surface area contributed by atoms with Gasteiger partial charge in [-0.3, -0.25) is 0 Å². The van der Waals surface area contributed by atoms with Crippen LogP contribution in [0.15, 0.2) is 59.5 Å². The van der Waals surface area contributed by atoms with Crippen molar-refractivity contribution >= 4 is 21.4 Å². The molecule has 152 valence electrons. The Hall–Kier alpha value is -2.48. The molecule has 0 aromatic heterocycles. The Bertz CT molecular complexity index is 1150. The van der Waals surface area contributed by atoms with Crippen molar-refractivity contribution in [2.45, 2.75) is 17.3 Å². The van der Waals surface area contributed by atoms with Crippen LogP contribution < -0.4 is 0 Å². The Morgan fingerprint density at radius 2 is 1.72 bits per heavy atom. The normalized spacial score (nSPS) is 11.6. The van der Waals surface area contributed by atoms with Gasteiger partial charge in [0.25, 0.3) is 0 Å². The molecule has 1 N–H and O–H groups in total. The Labute approximate surface area is 172 Å². The Morgan fingerprint density at radius 1 is 1.03 bits per heavy atom. The van der Waals surface area contributed by atoms with E-state index in [0.717, 1.165) is 6.07 Å².